The van der Waals surface area contributed by atoms with E-state index in [2.05, 4.69) is 19.6 Å². The number of hydrogen-bond donors (Lipinski definition) is 1. The molecule has 25 heteroatoms. The molecule has 51 heavy (non-hydrogen) atoms. The van der Waals surface area contributed by atoms with E-state index in [0.29, 0.717) is 10.1 Å². The van der Waals surface area contributed by atoms with Gasteiger partial charge in [0.25, 0.3) is 33.7 Å². The van der Waals surface area contributed by atoms with Crippen LogP contribution in [0.25, 0.3) is 0 Å². The number of carbonyl (C=O) groups is 6. The van der Waals surface area contributed by atoms with Gasteiger partial charge in [0.1, 0.15) is 25.4 Å². The third-order valence-electron chi connectivity index (χ3n) is 6.10. The molecule has 0 spiro atoms. The monoisotopic (exact) mass is 834 g/mol. The molecule has 0 aliphatic carbocycles. The fraction of sp³-hybridized carbons (Fsp3) is 0.385. The summed E-state index contributed by atoms with van der Waals surface area (Å²) in [5, 5.41) is -2.03. The molecule has 2 aliphatic heterocycles. The van der Waals surface area contributed by atoms with Gasteiger partial charge in [0, 0.05) is 49.6 Å². The van der Waals surface area contributed by atoms with Crippen LogP contribution in [0, 0.1) is 0 Å². The van der Waals surface area contributed by atoms with E-state index in [1.807, 2.05) is 0 Å². The van der Waals surface area contributed by atoms with Crippen molar-refractivity contribution in [1.82, 2.24) is 20.1 Å². The molecular formula is C26H27N4NaO14S6. The van der Waals surface area contributed by atoms with Gasteiger partial charge in [-0.2, -0.15) is 8.42 Å². The van der Waals surface area contributed by atoms with Gasteiger partial charge in [-0.25, -0.2) is 28.0 Å². The van der Waals surface area contributed by atoms with Crippen molar-refractivity contribution in [2.45, 2.75) is 59.1 Å². The number of aromatic nitrogens is 2. The summed E-state index contributed by atoms with van der Waals surface area (Å²) < 4.78 is 66.0. The second-order valence-electron chi connectivity index (χ2n) is 9.69. The SMILES string of the molecule is O=C(ON1C(=O)CCC1=O)C(CCSSc1ccccn1)S(=O)(=O)O.O=C(ON1C(=O)CCC1=O)C(CCSSc1ccccn1)S(=O)(=O)[O-].[Na+]. The third-order valence-corrected chi connectivity index (χ3v) is 13.0. The Bertz CT molecular complexity index is 1610. The summed E-state index contributed by atoms with van der Waals surface area (Å²) in [5.74, 6) is -5.43. The molecule has 4 heterocycles. The minimum atomic E-state index is -5.00. The van der Waals surface area contributed by atoms with E-state index in [4.69, 9.17) is 0 Å². The number of rotatable bonds is 16. The van der Waals surface area contributed by atoms with E-state index in [0.717, 1.165) is 0 Å². The van der Waals surface area contributed by atoms with Crippen molar-refractivity contribution in [3.05, 3.63) is 48.8 Å². The summed E-state index contributed by atoms with van der Waals surface area (Å²) in [6, 6.07) is 10.6. The molecule has 0 saturated carbocycles. The van der Waals surface area contributed by atoms with Crippen molar-refractivity contribution in [2.75, 3.05) is 11.5 Å². The van der Waals surface area contributed by atoms with Crippen LogP contribution in [0.5, 0.6) is 0 Å². The zero-order valence-electron chi connectivity index (χ0n) is 26.4. The molecule has 0 aromatic carbocycles. The second kappa shape index (κ2) is 21.4. The first kappa shape index (κ1) is 44.9. The topological polar surface area (TPSA) is 265 Å². The second-order valence-corrected chi connectivity index (χ2v) is 17.7. The van der Waals surface area contributed by atoms with Gasteiger partial charge in [0.2, 0.25) is 0 Å². The van der Waals surface area contributed by atoms with Crippen LogP contribution in [0.2, 0.25) is 0 Å². The third kappa shape index (κ3) is 14.9. The van der Waals surface area contributed by atoms with Crippen molar-refractivity contribution in [3.8, 4) is 0 Å². The molecular weight excluding hydrogens is 808 g/mol. The van der Waals surface area contributed by atoms with Gasteiger partial charge in [-0.1, -0.05) is 33.7 Å². The van der Waals surface area contributed by atoms with Gasteiger partial charge in [0.05, 0.1) is 0 Å². The van der Waals surface area contributed by atoms with Crippen molar-refractivity contribution in [1.29, 1.82) is 0 Å². The maximum absolute atomic E-state index is 12.0. The Hall–Kier alpha value is -2.26. The molecule has 18 nitrogen and oxygen atoms in total. The van der Waals surface area contributed by atoms with E-state index in [1.54, 1.807) is 48.8 Å². The van der Waals surface area contributed by atoms with Crippen LogP contribution in [-0.4, -0.2) is 104 Å². The summed E-state index contributed by atoms with van der Waals surface area (Å²) in [4.78, 5) is 86.7. The summed E-state index contributed by atoms with van der Waals surface area (Å²) >= 11 is 0. The zero-order valence-corrected chi connectivity index (χ0v) is 33.3. The fourth-order valence-corrected chi connectivity index (χ4v) is 9.32. The molecule has 2 atom stereocenters. The Morgan fingerprint density at radius 1 is 0.725 bits per heavy atom. The number of amides is 4. The van der Waals surface area contributed by atoms with E-state index in [-0.39, 0.29) is 89.7 Å². The Morgan fingerprint density at radius 2 is 1.10 bits per heavy atom. The summed E-state index contributed by atoms with van der Waals surface area (Å²) in [7, 11) is -4.77. The largest absolute Gasteiger partial charge is 1.00 e. The first-order chi connectivity index (χ1) is 23.6. The van der Waals surface area contributed by atoms with E-state index in [1.165, 1.54) is 43.2 Å². The molecule has 2 saturated heterocycles. The Balaban J connectivity index is 0.000000347. The quantitative estimate of drug-likeness (QED) is 0.0685. The number of carbonyl (C=O) groups excluding carboxylic acids is 6. The van der Waals surface area contributed by atoms with Gasteiger partial charge in [-0.15, -0.1) is 10.1 Å². The molecule has 2 unspecified atom stereocenters. The Morgan fingerprint density at radius 3 is 1.43 bits per heavy atom. The van der Waals surface area contributed by atoms with Crippen LogP contribution in [0.15, 0.2) is 58.8 Å². The number of pyridine rings is 2. The normalized spacial score (nSPS) is 15.8. The fourth-order valence-electron chi connectivity index (χ4n) is 3.69. The van der Waals surface area contributed by atoms with Gasteiger partial charge in [0.15, 0.2) is 5.25 Å². The van der Waals surface area contributed by atoms with Gasteiger partial charge < -0.3 is 14.2 Å². The number of hydrogen-bond acceptors (Lipinski definition) is 19. The summed E-state index contributed by atoms with van der Waals surface area (Å²) in [6.45, 7) is 0. The van der Waals surface area contributed by atoms with Crippen LogP contribution in [0.3, 0.4) is 0 Å². The van der Waals surface area contributed by atoms with Crippen molar-refractivity contribution in [2.24, 2.45) is 0 Å². The first-order valence-electron chi connectivity index (χ1n) is 14.0. The molecule has 0 radical (unpaired) electrons. The standard InChI is InChI=1S/2C13H14N2O7S3.Na/c2*16-11-4-5-12(17)15(11)22-13(18)9(25(19,20)21)6-8-23-24-10-3-1-2-7-14-10;/h2*1-3,7,9H,4-6,8H2,(H,19,20,21);/q;;+1/p-1. The predicted molar refractivity (Wildman–Crippen MR) is 178 cm³/mol. The minimum absolute atomic E-state index is 0. The van der Waals surface area contributed by atoms with E-state index >= 15 is 0 Å². The number of imide groups is 2. The summed E-state index contributed by atoms with van der Waals surface area (Å²) in [6.07, 6.45) is 2.15. The van der Waals surface area contributed by atoms with E-state index in [9.17, 15) is 54.7 Å². The van der Waals surface area contributed by atoms with Crippen LogP contribution in [0.1, 0.15) is 38.5 Å². The summed E-state index contributed by atoms with van der Waals surface area (Å²) in [5.41, 5.74) is 0. The number of hydroxylamine groups is 4. The molecule has 2 aliphatic rings. The van der Waals surface area contributed by atoms with Crippen LogP contribution >= 0.6 is 43.2 Å². The Kier molecular flexibility index (Phi) is 18.9. The van der Waals surface area contributed by atoms with Gasteiger partial charge in [-0.05, 0) is 58.7 Å². The molecule has 0 bridgehead atoms. The maximum atomic E-state index is 12.0. The minimum Gasteiger partial charge on any atom is -0.747 e. The molecule has 4 rings (SSSR count). The van der Waals surface area contributed by atoms with Crippen molar-refractivity contribution < 1.29 is 93.9 Å². The average molecular weight is 835 g/mol. The molecule has 2 fully saturated rings. The van der Waals surface area contributed by atoms with Crippen molar-refractivity contribution >= 4 is 99.0 Å². The predicted octanol–water partition coefficient (Wildman–Crippen LogP) is -1.19. The first-order valence-corrected chi connectivity index (χ1v) is 21.7. The van der Waals surface area contributed by atoms with Gasteiger partial charge >= 0.3 is 41.5 Å². The molecule has 4 amide bonds. The van der Waals surface area contributed by atoms with E-state index < -0.39 is 66.3 Å². The van der Waals surface area contributed by atoms with Gasteiger partial charge in [-0.3, -0.25) is 23.7 Å². The Labute approximate surface area is 329 Å². The average Bonchev–Trinajstić information content (AvgIpc) is 3.54. The zero-order chi connectivity index (χ0) is 36.9. The number of nitrogens with zero attached hydrogens (tertiary/aromatic N) is 4. The molecule has 2 aromatic rings. The van der Waals surface area contributed by atoms with Crippen LogP contribution in [-0.2, 0) is 58.7 Å². The van der Waals surface area contributed by atoms with Crippen molar-refractivity contribution in [3.63, 3.8) is 0 Å². The smallest absolute Gasteiger partial charge is 0.747 e. The molecule has 1 N–H and O–H groups in total. The maximum Gasteiger partial charge on any atom is 1.00 e. The molecule has 272 valence electrons. The van der Waals surface area contributed by atoms with Crippen LogP contribution in [0.4, 0.5) is 0 Å². The molecule has 2 aromatic heterocycles. The van der Waals surface area contributed by atoms with Crippen LogP contribution < -0.4 is 29.6 Å².